The Morgan fingerprint density at radius 1 is 0.892 bits per heavy atom. The lowest BCUT2D eigenvalue weighted by molar-refractivity contribution is 0.188. The van der Waals surface area contributed by atoms with Crippen molar-refractivity contribution in [2.24, 2.45) is 0 Å². The molecule has 0 amide bonds. The van der Waals surface area contributed by atoms with Gasteiger partial charge in [0.15, 0.2) is 0 Å². The van der Waals surface area contributed by atoms with Gasteiger partial charge >= 0.3 is 5.56 Å². The molecule has 5 rings (SSSR count). The predicted octanol–water partition coefficient (Wildman–Crippen LogP) is 4.04. The highest BCUT2D eigenvalue weighted by molar-refractivity contribution is 6.30. The Kier molecular flexibility index (Phi) is 7.41. The van der Waals surface area contributed by atoms with Crippen LogP contribution in [0.2, 0.25) is 5.02 Å². The summed E-state index contributed by atoms with van der Waals surface area (Å²) in [6.07, 6.45) is 1.68. The topological polar surface area (TPSA) is 96.8 Å². The van der Waals surface area contributed by atoms with Gasteiger partial charge in [-0.3, -0.25) is 9.69 Å². The zero-order chi connectivity index (χ0) is 25.8. The first-order valence-corrected chi connectivity index (χ1v) is 12.5. The van der Waals surface area contributed by atoms with Crippen LogP contribution in [0.15, 0.2) is 83.8 Å². The summed E-state index contributed by atoms with van der Waals surface area (Å²) in [6.45, 7) is 3.69. The van der Waals surface area contributed by atoms with E-state index in [9.17, 15) is 9.90 Å². The zero-order valence-electron chi connectivity index (χ0n) is 20.3. The number of ether oxygens (including phenoxy) is 1. The predicted molar refractivity (Wildman–Crippen MR) is 147 cm³/mol. The first-order chi connectivity index (χ1) is 18.0. The molecule has 3 N–H and O–H groups in total. The quantitative estimate of drug-likeness (QED) is 0.357. The Morgan fingerprint density at radius 3 is 2.14 bits per heavy atom. The van der Waals surface area contributed by atoms with E-state index in [1.54, 1.807) is 30.5 Å². The third-order valence-corrected chi connectivity index (χ3v) is 6.69. The van der Waals surface area contributed by atoms with Crippen molar-refractivity contribution in [1.82, 2.24) is 14.7 Å². The van der Waals surface area contributed by atoms with E-state index in [0.29, 0.717) is 47.5 Å². The molecule has 0 spiro atoms. The number of benzene rings is 3. The molecular formula is C28H28ClN5O3. The molecule has 0 bridgehead atoms. The summed E-state index contributed by atoms with van der Waals surface area (Å²) in [5.41, 5.74) is 9.45. The molecule has 1 fully saturated rings. The van der Waals surface area contributed by atoms with Crippen molar-refractivity contribution in [3.8, 4) is 28.3 Å². The molecule has 1 aliphatic heterocycles. The minimum atomic E-state index is -0.361. The maximum absolute atomic E-state index is 13.7. The molecule has 0 unspecified atom stereocenters. The largest absolute Gasteiger partial charge is 0.449 e. The van der Waals surface area contributed by atoms with E-state index in [2.05, 4.69) is 14.9 Å². The van der Waals surface area contributed by atoms with Crippen LogP contribution in [0.25, 0.3) is 16.8 Å². The lowest BCUT2D eigenvalue weighted by atomic mass is 10.1. The number of hydrogen-bond donors (Lipinski definition) is 2. The van der Waals surface area contributed by atoms with Crippen molar-refractivity contribution >= 4 is 23.0 Å². The number of rotatable bonds is 7. The Bertz CT molecular complexity index is 1400. The molecule has 8 nitrogen and oxygen atoms in total. The highest BCUT2D eigenvalue weighted by Crippen LogP contribution is 2.31. The minimum Gasteiger partial charge on any atom is -0.449 e. The third-order valence-electron chi connectivity index (χ3n) is 6.43. The standard InChI is InChI=1S/C28H28ClN5O3/c29-22-5-9-24(10-6-22)34-28(36)27(26(19-31-34)33-15-13-32(14-16-33)17-18-35)37-25-11-3-21(4-12-25)20-1-7-23(30)8-2-20/h1-12,19,35H,13-18,30H2. The molecule has 0 atom stereocenters. The minimum absolute atomic E-state index is 0.124. The van der Waals surface area contributed by atoms with Crippen LogP contribution in [-0.2, 0) is 0 Å². The van der Waals surface area contributed by atoms with Crippen molar-refractivity contribution in [3.05, 3.63) is 94.4 Å². The van der Waals surface area contributed by atoms with Gasteiger partial charge in [0.25, 0.3) is 0 Å². The van der Waals surface area contributed by atoms with Crippen LogP contribution >= 0.6 is 11.6 Å². The molecule has 190 valence electrons. The number of aliphatic hydroxyl groups is 1. The van der Waals surface area contributed by atoms with Crippen LogP contribution in [0.5, 0.6) is 11.5 Å². The number of anilines is 2. The van der Waals surface area contributed by atoms with E-state index in [4.69, 9.17) is 22.1 Å². The Morgan fingerprint density at radius 2 is 1.51 bits per heavy atom. The van der Waals surface area contributed by atoms with Crippen LogP contribution in [0.4, 0.5) is 11.4 Å². The number of aromatic nitrogens is 2. The third kappa shape index (κ3) is 5.61. The second-order valence-electron chi connectivity index (χ2n) is 8.85. The van der Waals surface area contributed by atoms with Crippen molar-refractivity contribution in [2.45, 2.75) is 0 Å². The zero-order valence-corrected chi connectivity index (χ0v) is 21.0. The first kappa shape index (κ1) is 24.8. The molecule has 9 heteroatoms. The molecule has 0 radical (unpaired) electrons. The monoisotopic (exact) mass is 517 g/mol. The van der Waals surface area contributed by atoms with Crippen molar-refractivity contribution in [1.29, 1.82) is 0 Å². The van der Waals surface area contributed by atoms with Gasteiger partial charge in [-0.15, -0.1) is 0 Å². The van der Waals surface area contributed by atoms with Gasteiger partial charge in [-0.25, -0.2) is 0 Å². The summed E-state index contributed by atoms with van der Waals surface area (Å²) in [4.78, 5) is 18.0. The summed E-state index contributed by atoms with van der Waals surface area (Å²) in [5, 5.41) is 14.3. The smallest absolute Gasteiger partial charge is 0.316 e. The molecule has 1 aromatic heterocycles. The number of nitrogens with zero attached hydrogens (tertiary/aromatic N) is 4. The molecule has 4 aromatic rings. The normalized spacial score (nSPS) is 14.1. The number of hydrogen-bond acceptors (Lipinski definition) is 7. The fourth-order valence-electron chi connectivity index (χ4n) is 4.38. The highest BCUT2D eigenvalue weighted by atomic mass is 35.5. The lowest BCUT2D eigenvalue weighted by Gasteiger charge is -2.36. The van der Waals surface area contributed by atoms with Gasteiger partial charge < -0.3 is 20.5 Å². The fourth-order valence-corrected chi connectivity index (χ4v) is 4.51. The fraction of sp³-hybridized carbons (Fsp3) is 0.214. The maximum atomic E-state index is 13.7. The van der Waals surface area contributed by atoms with Crippen molar-refractivity contribution in [3.63, 3.8) is 0 Å². The average molecular weight is 518 g/mol. The van der Waals surface area contributed by atoms with Crippen molar-refractivity contribution < 1.29 is 9.84 Å². The molecule has 0 aliphatic carbocycles. The average Bonchev–Trinajstić information content (AvgIpc) is 2.92. The number of nitrogen functional groups attached to an aromatic ring is 1. The van der Waals surface area contributed by atoms with Gasteiger partial charge in [-0.05, 0) is 59.7 Å². The van der Waals surface area contributed by atoms with Crippen LogP contribution in [0.3, 0.4) is 0 Å². The maximum Gasteiger partial charge on any atom is 0.316 e. The lowest BCUT2D eigenvalue weighted by Crippen LogP contribution is -2.47. The summed E-state index contributed by atoms with van der Waals surface area (Å²) in [7, 11) is 0. The summed E-state index contributed by atoms with van der Waals surface area (Å²) >= 11 is 6.04. The van der Waals surface area contributed by atoms with E-state index in [1.807, 2.05) is 48.5 Å². The number of nitrogens with two attached hydrogens (primary N) is 1. The van der Waals surface area contributed by atoms with Gasteiger partial charge in [-0.1, -0.05) is 35.9 Å². The van der Waals surface area contributed by atoms with Crippen LogP contribution in [0.1, 0.15) is 0 Å². The van der Waals surface area contributed by atoms with Crippen LogP contribution in [-0.4, -0.2) is 59.1 Å². The molecule has 2 heterocycles. The first-order valence-electron chi connectivity index (χ1n) is 12.1. The van der Waals surface area contributed by atoms with Gasteiger partial charge in [0, 0.05) is 43.4 Å². The summed E-state index contributed by atoms with van der Waals surface area (Å²) in [5.74, 6) is 0.756. The van der Waals surface area contributed by atoms with E-state index in [1.165, 1.54) is 4.68 Å². The second kappa shape index (κ2) is 11.0. The van der Waals surface area contributed by atoms with E-state index >= 15 is 0 Å². The molecule has 1 aliphatic rings. The molecule has 1 saturated heterocycles. The van der Waals surface area contributed by atoms with E-state index < -0.39 is 0 Å². The highest BCUT2D eigenvalue weighted by Gasteiger charge is 2.24. The molecule has 37 heavy (non-hydrogen) atoms. The van der Waals surface area contributed by atoms with Gasteiger partial charge in [0.05, 0.1) is 18.5 Å². The number of piperazine rings is 1. The van der Waals surface area contributed by atoms with E-state index in [0.717, 1.165) is 24.2 Å². The van der Waals surface area contributed by atoms with Gasteiger partial charge in [0.2, 0.25) is 5.75 Å². The Balaban J connectivity index is 1.48. The number of aliphatic hydroxyl groups excluding tert-OH is 1. The molecular weight excluding hydrogens is 490 g/mol. The van der Waals surface area contributed by atoms with Crippen LogP contribution in [0, 0.1) is 0 Å². The second-order valence-corrected chi connectivity index (χ2v) is 9.29. The Labute approximate surface area is 220 Å². The summed E-state index contributed by atoms with van der Waals surface area (Å²) in [6, 6.07) is 22.2. The SMILES string of the molecule is Nc1ccc(-c2ccc(Oc3c(N4CCN(CCO)CC4)cnn(-c4ccc(Cl)cc4)c3=O)cc2)cc1. The number of β-amino-alcohol motifs (C(OH)–C–C–N with tert-alkyl or cyclic N) is 1. The van der Waals surface area contributed by atoms with Crippen molar-refractivity contribution in [2.75, 3.05) is 50.0 Å². The van der Waals surface area contributed by atoms with Gasteiger partial charge in [0.1, 0.15) is 11.4 Å². The summed E-state index contributed by atoms with van der Waals surface area (Å²) < 4.78 is 7.57. The van der Waals surface area contributed by atoms with E-state index in [-0.39, 0.29) is 17.9 Å². The van der Waals surface area contributed by atoms with Crippen LogP contribution < -0.4 is 20.9 Å². The Hall–Kier alpha value is -3.85. The molecule has 0 saturated carbocycles. The van der Waals surface area contributed by atoms with Gasteiger partial charge in [-0.2, -0.15) is 9.78 Å². The number of halogens is 1. The molecule has 3 aromatic carbocycles.